The van der Waals surface area contributed by atoms with Gasteiger partial charge in [-0.15, -0.1) is 0 Å². The minimum absolute atomic E-state index is 0.142. The van der Waals surface area contributed by atoms with Crippen LogP contribution in [-0.4, -0.2) is 35.5 Å². The molecule has 6 nitrogen and oxygen atoms in total. The zero-order valence-electron chi connectivity index (χ0n) is 7.66. The molecule has 0 fully saturated rings. The molecule has 9 heteroatoms. The standard InChI is InChI=1S/C6H12N2O4S3/c7-3(1-13)5(9)11-15-12-6(10)4(8)2-14/h3-4,13-14H,1-2,7-8H2/t3-,4-/m0/s1. The zero-order valence-corrected chi connectivity index (χ0v) is 10.3. The molecule has 0 bridgehead atoms. The Morgan fingerprint density at radius 1 is 1.07 bits per heavy atom. The van der Waals surface area contributed by atoms with Gasteiger partial charge in [-0.2, -0.15) is 25.3 Å². The molecular weight excluding hydrogens is 260 g/mol. The molecule has 0 rings (SSSR count). The normalized spacial score (nSPS) is 14.1. The number of rotatable bonds is 6. The molecule has 0 heterocycles. The van der Waals surface area contributed by atoms with E-state index in [0.717, 1.165) is 0 Å². The second kappa shape index (κ2) is 8.11. The molecule has 0 saturated heterocycles. The van der Waals surface area contributed by atoms with Crippen LogP contribution in [0.4, 0.5) is 0 Å². The molecule has 4 N–H and O–H groups in total. The first-order chi connectivity index (χ1) is 7.02. The van der Waals surface area contributed by atoms with Gasteiger partial charge in [-0.05, 0) is 0 Å². The highest BCUT2D eigenvalue weighted by Crippen LogP contribution is 2.08. The van der Waals surface area contributed by atoms with Gasteiger partial charge in [0, 0.05) is 11.5 Å². The first-order valence-corrected chi connectivity index (χ1v) is 5.77. The van der Waals surface area contributed by atoms with Crippen molar-refractivity contribution in [1.82, 2.24) is 0 Å². The van der Waals surface area contributed by atoms with Crippen molar-refractivity contribution >= 4 is 49.5 Å². The van der Waals surface area contributed by atoms with Gasteiger partial charge in [0.2, 0.25) is 0 Å². The summed E-state index contributed by atoms with van der Waals surface area (Å²) in [6.45, 7) is 0. The van der Waals surface area contributed by atoms with E-state index in [9.17, 15) is 9.59 Å². The van der Waals surface area contributed by atoms with Crippen LogP contribution in [-0.2, 0) is 18.0 Å². The summed E-state index contributed by atoms with van der Waals surface area (Å²) < 4.78 is 8.88. The van der Waals surface area contributed by atoms with Gasteiger partial charge in [0.05, 0.1) is 0 Å². The van der Waals surface area contributed by atoms with E-state index in [1.807, 2.05) is 0 Å². The maximum Gasteiger partial charge on any atom is 0.338 e. The van der Waals surface area contributed by atoms with Crippen LogP contribution in [0.1, 0.15) is 0 Å². The zero-order chi connectivity index (χ0) is 11.8. The third-order valence-electron chi connectivity index (χ3n) is 1.23. The van der Waals surface area contributed by atoms with Crippen LogP contribution in [0.5, 0.6) is 0 Å². The summed E-state index contributed by atoms with van der Waals surface area (Å²) in [6, 6.07) is -1.70. The van der Waals surface area contributed by atoms with E-state index in [1.54, 1.807) is 0 Å². The molecule has 0 radical (unpaired) electrons. The van der Waals surface area contributed by atoms with Crippen molar-refractivity contribution in [2.45, 2.75) is 12.1 Å². The molecule has 0 amide bonds. The third kappa shape index (κ3) is 6.15. The molecule has 0 aromatic rings. The quantitative estimate of drug-likeness (QED) is 0.369. The lowest BCUT2D eigenvalue weighted by molar-refractivity contribution is -0.136. The van der Waals surface area contributed by atoms with Crippen LogP contribution in [0.3, 0.4) is 0 Å². The highest BCUT2D eigenvalue weighted by atomic mass is 32.2. The van der Waals surface area contributed by atoms with E-state index in [-0.39, 0.29) is 23.8 Å². The summed E-state index contributed by atoms with van der Waals surface area (Å²) in [5.74, 6) is -1.16. The fraction of sp³-hybridized carbons (Fsp3) is 0.667. The number of thiol groups is 2. The summed E-state index contributed by atoms with van der Waals surface area (Å²) in [7, 11) is 0. The van der Waals surface area contributed by atoms with E-state index in [4.69, 9.17) is 11.5 Å². The third-order valence-corrected chi connectivity index (χ3v) is 2.48. The van der Waals surface area contributed by atoms with Crippen molar-refractivity contribution in [1.29, 1.82) is 0 Å². The molecule has 0 aromatic heterocycles. The van der Waals surface area contributed by atoms with Gasteiger partial charge < -0.3 is 19.8 Å². The first-order valence-electron chi connectivity index (χ1n) is 3.84. The van der Waals surface area contributed by atoms with Gasteiger partial charge in [-0.3, -0.25) is 0 Å². The van der Waals surface area contributed by atoms with Gasteiger partial charge >= 0.3 is 11.9 Å². The van der Waals surface area contributed by atoms with Crippen LogP contribution in [0.25, 0.3) is 0 Å². The Balaban J connectivity index is 3.70. The number of hydrogen-bond acceptors (Lipinski definition) is 9. The summed E-state index contributed by atoms with van der Waals surface area (Å²) in [4.78, 5) is 21.9. The van der Waals surface area contributed by atoms with E-state index in [2.05, 4.69) is 33.6 Å². The van der Waals surface area contributed by atoms with E-state index in [0.29, 0.717) is 0 Å². The van der Waals surface area contributed by atoms with Crippen LogP contribution >= 0.6 is 37.6 Å². The monoisotopic (exact) mass is 272 g/mol. The Hall–Kier alpha value is -0.0900. The van der Waals surface area contributed by atoms with Crippen LogP contribution in [0.2, 0.25) is 0 Å². The topological polar surface area (TPSA) is 105 Å². The Labute approximate surface area is 103 Å². The average molecular weight is 272 g/mol. The van der Waals surface area contributed by atoms with Crippen molar-refractivity contribution in [2.75, 3.05) is 11.5 Å². The van der Waals surface area contributed by atoms with E-state index < -0.39 is 24.0 Å². The lowest BCUT2D eigenvalue weighted by Crippen LogP contribution is -2.34. The molecular formula is C6H12N2O4S3. The average Bonchev–Trinajstić information content (AvgIpc) is 2.26. The molecule has 0 aliphatic rings. The Morgan fingerprint density at radius 2 is 1.40 bits per heavy atom. The van der Waals surface area contributed by atoms with Gasteiger partial charge in [0.1, 0.15) is 12.1 Å². The predicted octanol–water partition coefficient (Wildman–Crippen LogP) is -0.850. The fourth-order valence-corrected chi connectivity index (χ4v) is 1.07. The highest BCUT2D eigenvalue weighted by Gasteiger charge is 2.18. The Kier molecular flexibility index (Phi) is 8.06. The fourth-order valence-electron chi connectivity index (χ4n) is 0.357. The lowest BCUT2D eigenvalue weighted by Gasteiger charge is -2.08. The summed E-state index contributed by atoms with van der Waals surface area (Å²) in [6.07, 6.45) is 0. The number of carbonyl (C=O) groups excluding carboxylic acids is 2. The van der Waals surface area contributed by atoms with E-state index >= 15 is 0 Å². The van der Waals surface area contributed by atoms with Crippen molar-refractivity contribution in [2.24, 2.45) is 11.5 Å². The second-order valence-corrected chi connectivity index (χ2v) is 3.65. The van der Waals surface area contributed by atoms with Crippen molar-refractivity contribution in [3.05, 3.63) is 0 Å². The SMILES string of the molecule is N[C@@H](CS)C(=O)OSOC(=O)[C@@H](N)CS. The second-order valence-electron chi connectivity index (χ2n) is 2.45. The largest absolute Gasteiger partial charge is 0.353 e. The highest BCUT2D eigenvalue weighted by molar-refractivity contribution is 7.90. The van der Waals surface area contributed by atoms with Crippen LogP contribution in [0, 0.1) is 0 Å². The molecule has 0 unspecified atom stereocenters. The molecule has 0 spiro atoms. The predicted molar refractivity (Wildman–Crippen MR) is 63.4 cm³/mol. The minimum Gasteiger partial charge on any atom is -0.353 e. The van der Waals surface area contributed by atoms with E-state index in [1.165, 1.54) is 0 Å². The molecule has 0 aromatic carbocycles. The molecule has 88 valence electrons. The molecule has 0 aliphatic carbocycles. The number of carbonyl (C=O) groups is 2. The van der Waals surface area contributed by atoms with Gasteiger partial charge in [0.25, 0.3) is 12.3 Å². The Bertz CT molecular complexity index is 206. The minimum atomic E-state index is -0.849. The van der Waals surface area contributed by atoms with Gasteiger partial charge in [-0.1, -0.05) is 0 Å². The maximum atomic E-state index is 10.9. The molecule has 2 atom stereocenters. The molecule has 0 saturated carbocycles. The van der Waals surface area contributed by atoms with Crippen molar-refractivity contribution < 1.29 is 18.0 Å². The number of nitrogens with two attached hydrogens (primary N) is 2. The smallest absolute Gasteiger partial charge is 0.338 e. The molecule has 0 aliphatic heterocycles. The van der Waals surface area contributed by atoms with Crippen LogP contribution < -0.4 is 11.5 Å². The summed E-state index contributed by atoms with van der Waals surface area (Å²) >= 11 is 7.81. The first kappa shape index (κ1) is 14.9. The van der Waals surface area contributed by atoms with Crippen molar-refractivity contribution in [3.8, 4) is 0 Å². The van der Waals surface area contributed by atoms with Crippen LogP contribution in [0.15, 0.2) is 0 Å². The summed E-state index contributed by atoms with van der Waals surface area (Å²) in [5, 5.41) is 0. The summed E-state index contributed by atoms with van der Waals surface area (Å²) in [5.41, 5.74) is 10.6. The van der Waals surface area contributed by atoms with Gasteiger partial charge in [-0.25, -0.2) is 9.59 Å². The van der Waals surface area contributed by atoms with Crippen molar-refractivity contribution in [3.63, 3.8) is 0 Å². The number of hydrogen-bond donors (Lipinski definition) is 4. The lowest BCUT2D eigenvalue weighted by atomic mass is 10.4. The maximum absolute atomic E-state index is 10.9. The Morgan fingerprint density at radius 3 is 1.67 bits per heavy atom. The molecule has 15 heavy (non-hydrogen) atoms. The van der Waals surface area contributed by atoms with Gasteiger partial charge in [0.15, 0.2) is 0 Å².